The second-order valence-electron chi connectivity index (χ2n) is 5.48. The molecular weight excluding hydrogens is 360 g/mol. The van der Waals surface area contributed by atoms with E-state index in [9.17, 15) is 4.79 Å². The average Bonchev–Trinajstić information content (AvgIpc) is 2.73. The minimum absolute atomic E-state index is 0.0455. The predicted octanol–water partition coefficient (Wildman–Crippen LogP) is 4.22. The van der Waals surface area contributed by atoms with Crippen molar-refractivity contribution in [3.05, 3.63) is 78.7 Å². The van der Waals surface area contributed by atoms with E-state index in [1.807, 2.05) is 36.4 Å². The van der Waals surface area contributed by atoms with Gasteiger partial charge in [-0.05, 0) is 18.2 Å². The van der Waals surface area contributed by atoms with Gasteiger partial charge in [0.25, 0.3) is 6.47 Å². The number of para-hydroxylation sites is 2. The van der Waals surface area contributed by atoms with Gasteiger partial charge in [-0.3, -0.25) is 4.79 Å². The molecule has 0 saturated heterocycles. The number of hydrogen-bond donors (Lipinski definition) is 0. The molecule has 28 heavy (non-hydrogen) atoms. The maximum Gasteiger partial charge on any atom is 0.325 e. The molecule has 7 heteroatoms. The number of ether oxygens (including phenoxy) is 4. The van der Waals surface area contributed by atoms with Crippen molar-refractivity contribution in [1.29, 1.82) is 0 Å². The fourth-order valence-corrected chi connectivity index (χ4v) is 2.40. The van der Waals surface area contributed by atoms with Gasteiger partial charge >= 0.3 is 6.01 Å². The zero-order chi connectivity index (χ0) is 19.6. The molecule has 0 unspecified atom stereocenters. The number of benzene rings is 2. The van der Waals surface area contributed by atoms with Crippen LogP contribution in [0.4, 0.5) is 0 Å². The largest absolute Gasteiger partial charge is 0.504 e. The van der Waals surface area contributed by atoms with Crippen LogP contribution in [0.25, 0.3) is 5.57 Å². The highest BCUT2D eigenvalue weighted by molar-refractivity contribution is 5.71. The van der Waals surface area contributed by atoms with E-state index in [1.54, 1.807) is 30.5 Å². The monoisotopic (exact) mass is 378 g/mol. The summed E-state index contributed by atoms with van der Waals surface area (Å²) in [4.78, 5) is 18.9. The predicted molar refractivity (Wildman–Crippen MR) is 102 cm³/mol. The Bertz CT molecular complexity index is 944. The molecule has 1 aromatic heterocycles. The summed E-state index contributed by atoms with van der Waals surface area (Å²) >= 11 is 0. The first-order chi connectivity index (χ1) is 13.8. The minimum atomic E-state index is 0.0455. The Hall–Kier alpha value is -3.87. The molecule has 2 aromatic carbocycles. The Balaban J connectivity index is 1.83. The van der Waals surface area contributed by atoms with Gasteiger partial charge in [0.05, 0.1) is 13.4 Å². The number of rotatable bonds is 9. The third-order valence-electron chi connectivity index (χ3n) is 3.57. The number of hydrogen-bond acceptors (Lipinski definition) is 7. The molecule has 0 aliphatic carbocycles. The highest BCUT2D eigenvalue weighted by Crippen LogP contribution is 2.30. The molecule has 0 atom stereocenters. The normalized spacial score (nSPS) is 10.8. The van der Waals surface area contributed by atoms with E-state index in [2.05, 4.69) is 9.97 Å². The summed E-state index contributed by atoms with van der Waals surface area (Å²) in [6.07, 6.45) is 3.04. The molecule has 3 aromatic rings. The third-order valence-corrected chi connectivity index (χ3v) is 3.57. The smallest absolute Gasteiger partial charge is 0.325 e. The van der Waals surface area contributed by atoms with Crippen LogP contribution in [0, 0.1) is 0 Å². The van der Waals surface area contributed by atoms with Gasteiger partial charge in [0.15, 0.2) is 0 Å². The van der Waals surface area contributed by atoms with Gasteiger partial charge in [0.1, 0.15) is 18.1 Å². The molecule has 7 nitrogen and oxygen atoms in total. The highest BCUT2D eigenvalue weighted by atomic mass is 16.5. The van der Waals surface area contributed by atoms with E-state index < -0.39 is 0 Å². The van der Waals surface area contributed by atoms with Crippen LogP contribution in [0.5, 0.6) is 23.4 Å². The molecule has 0 bridgehead atoms. The van der Waals surface area contributed by atoms with Crippen molar-refractivity contribution in [2.75, 3.05) is 13.7 Å². The lowest BCUT2D eigenvalue weighted by atomic mass is 10.1. The van der Waals surface area contributed by atoms with Crippen LogP contribution in [0.15, 0.2) is 73.1 Å². The summed E-state index contributed by atoms with van der Waals surface area (Å²) in [5, 5.41) is 0. The molecule has 142 valence electrons. The molecule has 0 N–H and O–H groups in total. The Morgan fingerprint density at radius 3 is 2.57 bits per heavy atom. The standard InChI is InChI=1S/C21H18N2O5/c1-25-13-16(14-26-15-24)18-9-5-6-10-19(18)28-20-11-12-22-21(23-20)27-17-7-3-2-4-8-17/h2-13,15H,14H2,1H3/b16-13-. The summed E-state index contributed by atoms with van der Waals surface area (Å²) in [5.74, 6) is 1.45. The molecular formula is C21H18N2O5. The third kappa shape index (κ3) is 5.07. The molecule has 0 aliphatic heterocycles. The zero-order valence-electron chi connectivity index (χ0n) is 15.1. The topological polar surface area (TPSA) is 79.8 Å². The lowest BCUT2D eigenvalue weighted by molar-refractivity contribution is -0.127. The van der Waals surface area contributed by atoms with Gasteiger partial charge in [0, 0.05) is 23.4 Å². The van der Waals surface area contributed by atoms with Crippen LogP contribution in [0.1, 0.15) is 5.56 Å². The Kier molecular flexibility index (Phi) is 6.57. The van der Waals surface area contributed by atoms with Crippen molar-refractivity contribution < 1.29 is 23.7 Å². The van der Waals surface area contributed by atoms with Gasteiger partial charge in [-0.15, -0.1) is 0 Å². The fourth-order valence-electron chi connectivity index (χ4n) is 2.40. The van der Waals surface area contributed by atoms with Gasteiger partial charge in [-0.25, -0.2) is 4.98 Å². The second kappa shape index (κ2) is 9.72. The number of aromatic nitrogens is 2. The number of carbonyl (C=O) groups excluding carboxylic acids is 1. The lowest BCUT2D eigenvalue weighted by Crippen LogP contribution is -2.00. The summed E-state index contributed by atoms with van der Waals surface area (Å²) in [7, 11) is 1.52. The Labute approximate surface area is 162 Å². The van der Waals surface area contributed by atoms with E-state index in [0.717, 1.165) is 0 Å². The van der Waals surface area contributed by atoms with Crippen LogP contribution in [0.2, 0.25) is 0 Å². The Morgan fingerprint density at radius 2 is 1.79 bits per heavy atom. The zero-order valence-corrected chi connectivity index (χ0v) is 15.1. The van der Waals surface area contributed by atoms with E-state index >= 15 is 0 Å². The van der Waals surface area contributed by atoms with Crippen molar-refractivity contribution in [3.8, 4) is 23.4 Å². The van der Waals surface area contributed by atoms with E-state index in [0.29, 0.717) is 35.0 Å². The van der Waals surface area contributed by atoms with E-state index in [4.69, 9.17) is 18.9 Å². The van der Waals surface area contributed by atoms with E-state index in [-0.39, 0.29) is 12.6 Å². The van der Waals surface area contributed by atoms with Crippen molar-refractivity contribution in [1.82, 2.24) is 9.97 Å². The number of methoxy groups -OCH3 is 1. The van der Waals surface area contributed by atoms with Crippen molar-refractivity contribution in [2.24, 2.45) is 0 Å². The SMILES string of the molecule is CO/C=C(/COC=O)c1ccccc1Oc1ccnc(Oc2ccccc2)n1. The van der Waals surface area contributed by atoms with Gasteiger partial charge in [0.2, 0.25) is 5.88 Å². The van der Waals surface area contributed by atoms with Crippen LogP contribution in [0.3, 0.4) is 0 Å². The molecule has 1 heterocycles. The summed E-state index contributed by atoms with van der Waals surface area (Å²) in [6, 6.07) is 18.3. The molecule has 0 spiro atoms. The quantitative estimate of drug-likeness (QED) is 0.407. The summed E-state index contributed by atoms with van der Waals surface area (Å²) in [5.41, 5.74) is 1.34. The molecule has 0 radical (unpaired) electrons. The fraction of sp³-hybridized carbons (Fsp3) is 0.0952. The first-order valence-corrected chi connectivity index (χ1v) is 8.40. The maximum atomic E-state index is 10.6. The number of nitrogens with zero attached hydrogens (tertiary/aromatic N) is 2. The molecule has 0 saturated carbocycles. The van der Waals surface area contributed by atoms with Crippen molar-refractivity contribution in [2.45, 2.75) is 0 Å². The first kappa shape index (κ1) is 18.9. The summed E-state index contributed by atoms with van der Waals surface area (Å²) in [6.45, 7) is 0.425. The molecule has 0 fully saturated rings. The van der Waals surface area contributed by atoms with Gasteiger partial charge in [-0.2, -0.15) is 4.98 Å². The van der Waals surface area contributed by atoms with Gasteiger partial charge < -0.3 is 18.9 Å². The maximum absolute atomic E-state index is 10.6. The lowest BCUT2D eigenvalue weighted by Gasteiger charge is -2.13. The molecule has 0 amide bonds. The summed E-state index contributed by atoms with van der Waals surface area (Å²) < 4.78 is 21.5. The minimum Gasteiger partial charge on any atom is -0.504 e. The molecule has 0 aliphatic rings. The van der Waals surface area contributed by atoms with Crippen LogP contribution < -0.4 is 9.47 Å². The van der Waals surface area contributed by atoms with Crippen molar-refractivity contribution in [3.63, 3.8) is 0 Å². The average molecular weight is 378 g/mol. The Morgan fingerprint density at radius 1 is 1.00 bits per heavy atom. The first-order valence-electron chi connectivity index (χ1n) is 8.40. The van der Waals surface area contributed by atoms with Crippen LogP contribution >= 0.6 is 0 Å². The van der Waals surface area contributed by atoms with Crippen LogP contribution in [-0.2, 0) is 14.3 Å². The van der Waals surface area contributed by atoms with E-state index in [1.165, 1.54) is 13.4 Å². The van der Waals surface area contributed by atoms with Crippen LogP contribution in [-0.4, -0.2) is 30.2 Å². The number of carbonyl (C=O) groups is 1. The van der Waals surface area contributed by atoms with Gasteiger partial charge in [-0.1, -0.05) is 36.4 Å². The van der Waals surface area contributed by atoms with Crippen molar-refractivity contribution >= 4 is 12.0 Å². The highest BCUT2D eigenvalue weighted by Gasteiger charge is 2.12. The second-order valence-corrected chi connectivity index (χ2v) is 5.48. The molecule has 3 rings (SSSR count).